The zero-order valence-corrected chi connectivity index (χ0v) is 14.2. The Hall–Kier alpha value is 1.08. The maximum absolute atomic E-state index is 10.2. The van der Waals surface area contributed by atoms with Gasteiger partial charge in [0.25, 0.3) is 0 Å². The Morgan fingerprint density at radius 3 is 1.65 bits per heavy atom. The zero-order chi connectivity index (χ0) is 9.90. The van der Waals surface area contributed by atoms with Crippen LogP contribution in [0.4, 0.5) is 0 Å². The van der Waals surface area contributed by atoms with Crippen LogP contribution in [0.1, 0.15) is 0 Å². The van der Waals surface area contributed by atoms with Gasteiger partial charge in [0, 0.05) is 0 Å². The third kappa shape index (κ3) is 11.9. The number of phosphoric ester groups is 1. The van der Waals surface area contributed by atoms with Crippen LogP contribution in [0, 0.1) is 0 Å². The van der Waals surface area contributed by atoms with Crippen molar-refractivity contribution in [3.05, 3.63) is 24.3 Å². The average molecular weight is 322 g/mol. The summed E-state index contributed by atoms with van der Waals surface area (Å²) in [6.45, 7) is 0. The Labute approximate surface area is 144 Å². The molecular formula is C7H7Cl2Mg2O5P. The molecule has 88 valence electrons. The van der Waals surface area contributed by atoms with Gasteiger partial charge in [-0.15, -0.1) is 0 Å². The first-order valence-electron chi connectivity index (χ1n) is 3.37. The van der Waals surface area contributed by atoms with Crippen molar-refractivity contribution in [3.8, 4) is 11.5 Å². The largest absolute Gasteiger partial charge is 2.00 e. The fraction of sp³-hybridized carbons (Fsp3) is 0.143. The summed E-state index contributed by atoms with van der Waals surface area (Å²) < 4.78 is 19.1. The van der Waals surface area contributed by atoms with E-state index in [1.54, 1.807) is 0 Å². The average Bonchev–Trinajstić information content (AvgIpc) is 2.03. The van der Waals surface area contributed by atoms with Crippen LogP contribution in [0.5, 0.6) is 11.5 Å². The molecule has 1 aromatic rings. The van der Waals surface area contributed by atoms with Crippen molar-refractivity contribution in [1.82, 2.24) is 0 Å². The van der Waals surface area contributed by atoms with Crippen LogP contribution in [0.3, 0.4) is 0 Å². The molecule has 1 rings (SSSR count). The van der Waals surface area contributed by atoms with E-state index in [0.717, 1.165) is 0 Å². The molecule has 0 bridgehead atoms. The summed E-state index contributed by atoms with van der Waals surface area (Å²) in [4.78, 5) is 20.3. The Balaban J connectivity index is -0.000000211. The van der Waals surface area contributed by atoms with Gasteiger partial charge in [0.1, 0.15) is 19.3 Å². The van der Waals surface area contributed by atoms with Gasteiger partial charge in [-0.05, 0) is 24.3 Å². The van der Waals surface area contributed by atoms with E-state index in [1.807, 2.05) is 0 Å². The molecule has 0 saturated carbocycles. The van der Waals surface area contributed by atoms with Gasteiger partial charge in [0.15, 0.2) is 0 Å². The summed E-state index contributed by atoms with van der Waals surface area (Å²) in [6.07, 6.45) is 0. The monoisotopic (exact) mass is 320 g/mol. The molecule has 0 unspecified atom stereocenters. The van der Waals surface area contributed by atoms with Crippen LogP contribution in [0.15, 0.2) is 24.3 Å². The number of hydrogen-bond acceptors (Lipinski definition) is 5. The number of methoxy groups -OCH3 is 1. The molecule has 0 aliphatic heterocycles. The van der Waals surface area contributed by atoms with Crippen LogP contribution >= 0.6 is 7.82 Å². The van der Waals surface area contributed by atoms with Crippen molar-refractivity contribution in [2.45, 2.75) is 0 Å². The molecule has 0 spiro atoms. The van der Waals surface area contributed by atoms with E-state index in [-0.39, 0.29) is 76.7 Å². The number of rotatable bonds is 3. The standard InChI is InChI=1S/C7H9O5P.2ClH.2Mg/c1-11-6-2-4-7(5-3-6)12-13(8,9)10;;;;/h2-5H,1H3,(H2,8,9,10);2*1H;;/q;;;2*+2/p-4. The molecule has 1 aromatic carbocycles. The first kappa shape index (κ1) is 26.6. The molecule has 10 heteroatoms. The minimum absolute atomic E-state index is 0. The smallest absolute Gasteiger partial charge is 1.00 e. The number of benzene rings is 1. The Bertz CT molecular complexity index is 332. The molecule has 0 saturated heterocycles. The molecule has 0 amide bonds. The van der Waals surface area contributed by atoms with Crippen molar-refractivity contribution < 1.29 is 48.4 Å². The fourth-order valence-corrected chi connectivity index (χ4v) is 1.15. The molecular weight excluding hydrogens is 315 g/mol. The van der Waals surface area contributed by atoms with Gasteiger partial charge >= 0.3 is 46.1 Å². The first-order valence-corrected chi connectivity index (χ1v) is 4.83. The van der Waals surface area contributed by atoms with E-state index >= 15 is 0 Å². The second-order valence-electron chi connectivity index (χ2n) is 2.21. The number of phosphoric acid groups is 1. The Morgan fingerprint density at radius 1 is 1.00 bits per heavy atom. The minimum atomic E-state index is -4.95. The van der Waals surface area contributed by atoms with Crippen LogP contribution < -0.4 is 43.9 Å². The topological polar surface area (TPSA) is 81.7 Å². The van der Waals surface area contributed by atoms with E-state index in [4.69, 9.17) is 4.74 Å². The molecule has 0 radical (unpaired) electrons. The SMILES string of the molecule is COc1ccc(OP(=O)([O-])[O-])cc1.[Cl-].[Cl-].[Mg+2].[Mg+2]. The summed E-state index contributed by atoms with van der Waals surface area (Å²) >= 11 is 0. The maximum Gasteiger partial charge on any atom is 2.00 e. The summed E-state index contributed by atoms with van der Waals surface area (Å²) in [7, 11) is -3.48. The first-order chi connectivity index (χ1) is 6.01. The molecule has 0 heterocycles. The summed E-state index contributed by atoms with van der Waals surface area (Å²) in [5.41, 5.74) is 0. The Kier molecular flexibility index (Phi) is 19.0. The molecule has 17 heavy (non-hydrogen) atoms. The van der Waals surface area contributed by atoms with Crippen LogP contribution in [0.2, 0.25) is 0 Å². The zero-order valence-electron chi connectivity index (χ0n) is 8.97. The summed E-state index contributed by atoms with van der Waals surface area (Å²) in [6, 6.07) is 5.65. The number of hydrogen-bond donors (Lipinski definition) is 0. The third-order valence-corrected chi connectivity index (χ3v) is 1.71. The molecule has 0 aliphatic carbocycles. The van der Waals surface area contributed by atoms with E-state index < -0.39 is 7.82 Å². The van der Waals surface area contributed by atoms with Gasteiger partial charge in [0.2, 0.25) is 0 Å². The van der Waals surface area contributed by atoms with Crippen LogP contribution in [-0.2, 0) is 4.57 Å². The maximum atomic E-state index is 10.2. The number of halogens is 2. The van der Waals surface area contributed by atoms with Gasteiger partial charge in [0.05, 0.1) is 7.11 Å². The number of ether oxygens (including phenoxy) is 1. The summed E-state index contributed by atoms with van der Waals surface area (Å²) in [5, 5.41) is 0. The molecule has 0 aromatic heterocycles. The normalized spacial score (nSPS) is 8.41. The Morgan fingerprint density at radius 2 is 1.35 bits per heavy atom. The minimum Gasteiger partial charge on any atom is -1.00 e. The fourth-order valence-electron chi connectivity index (χ4n) is 0.766. The van der Waals surface area contributed by atoms with Gasteiger partial charge in [-0.2, -0.15) is 0 Å². The van der Waals surface area contributed by atoms with Crippen LogP contribution in [0.25, 0.3) is 0 Å². The van der Waals surface area contributed by atoms with Crippen molar-refractivity contribution >= 4 is 53.9 Å². The predicted molar refractivity (Wildman–Crippen MR) is 52.7 cm³/mol. The molecule has 5 nitrogen and oxygen atoms in total. The molecule has 0 atom stereocenters. The van der Waals surface area contributed by atoms with Crippen LogP contribution in [-0.4, -0.2) is 53.2 Å². The second-order valence-corrected chi connectivity index (χ2v) is 3.29. The molecule has 0 fully saturated rings. The predicted octanol–water partition coefficient (Wildman–Crippen LogP) is -6.85. The van der Waals surface area contributed by atoms with Crippen molar-refractivity contribution in [2.24, 2.45) is 0 Å². The van der Waals surface area contributed by atoms with Gasteiger partial charge in [-0.1, -0.05) is 0 Å². The summed E-state index contributed by atoms with van der Waals surface area (Å²) in [5.74, 6) is 0.535. The van der Waals surface area contributed by atoms with Crippen molar-refractivity contribution in [2.75, 3.05) is 7.11 Å². The van der Waals surface area contributed by atoms with Gasteiger partial charge < -0.3 is 48.4 Å². The second kappa shape index (κ2) is 12.1. The van der Waals surface area contributed by atoms with E-state index in [1.165, 1.54) is 31.4 Å². The van der Waals surface area contributed by atoms with Crippen molar-refractivity contribution in [3.63, 3.8) is 0 Å². The third-order valence-electron chi connectivity index (χ3n) is 1.28. The van der Waals surface area contributed by atoms with E-state index in [2.05, 4.69) is 4.52 Å². The van der Waals surface area contributed by atoms with Crippen molar-refractivity contribution in [1.29, 1.82) is 0 Å². The van der Waals surface area contributed by atoms with E-state index in [9.17, 15) is 14.4 Å². The van der Waals surface area contributed by atoms with Gasteiger partial charge in [-0.3, -0.25) is 0 Å². The van der Waals surface area contributed by atoms with E-state index in [0.29, 0.717) is 5.75 Å². The molecule has 0 N–H and O–H groups in total. The quantitative estimate of drug-likeness (QED) is 0.408. The van der Waals surface area contributed by atoms with Gasteiger partial charge in [-0.25, -0.2) is 0 Å². The molecule has 0 aliphatic rings.